The van der Waals surface area contributed by atoms with Gasteiger partial charge in [0.2, 0.25) is 11.8 Å². The Hall–Kier alpha value is -3.65. The summed E-state index contributed by atoms with van der Waals surface area (Å²) in [4.78, 5) is 27.6. The third kappa shape index (κ3) is 6.08. The normalized spacial score (nSPS) is 12.0. The highest BCUT2D eigenvalue weighted by molar-refractivity contribution is 7.92. The van der Waals surface area contributed by atoms with Crippen molar-refractivity contribution in [1.82, 2.24) is 10.2 Å². The molecule has 3 rings (SSSR count). The Morgan fingerprint density at radius 3 is 2.09 bits per heavy atom. The second-order valence-electron chi connectivity index (χ2n) is 8.41. The third-order valence-electron chi connectivity index (χ3n) is 5.88. The van der Waals surface area contributed by atoms with Crippen molar-refractivity contribution in [3.8, 4) is 0 Å². The molecule has 0 aromatic heterocycles. The van der Waals surface area contributed by atoms with Gasteiger partial charge in [0, 0.05) is 13.6 Å². The Morgan fingerprint density at radius 1 is 0.886 bits per heavy atom. The summed E-state index contributed by atoms with van der Waals surface area (Å²) in [5.41, 5.74) is 2.88. The maximum Gasteiger partial charge on any atom is 0.264 e. The zero-order chi connectivity index (χ0) is 25.6. The summed E-state index contributed by atoms with van der Waals surface area (Å²) in [7, 11) is -2.56. The SMILES string of the molecule is CNC(=O)C(C)N(Cc1ccccc1)C(=O)CN(c1ccccc1C)S(=O)(=O)c1ccc(C)cc1. The number of rotatable bonds is 9. The number of aryl methyl sites for hydroxylation is 2. The summed E-state index contributed by atoms with van der Waals surface area (Å²) in [6.07, 6.45) is 0. The first-order chi connectivity index (χ1) is 16.6. The molecule has 3 aromatic rings. The molecule has 1 atom stereocenters. The summed E-state index contributed by atoms with van der Waals surface area (Å²) < 4.78 is 28.6. The van der Waals surface area contributed by atoms with Crippen molar-refractivity contribution in [2.45, 2.75) is 38.3 Å². The Kier molecular flexibility index (Phi) is 8.30. The summed E-state index contributed by atoms with van der Waals surface area (Å²) in [5, 5.41) is 2.58. The molecule has 1 unspecified atom stereocenters. The lowest BCUT2D eigenvalue weighted by molar-refractivity contribution is -0.139. The summed E-state index contributed by atoms with van der Waals surface area (Å²) in [6, 6.07) is 22.0. The van der Waals surface area contributed by atoms with E-state index in [-0.39, 0.29) is 17.3 Å². The van der Waals surface area contributed by atoms with Crippen molar-refractivity contribution in [3.63, 3.8) is 0 Å². The first-order valence-corrected chi connectivity index (χ1v) is 12.8. The Balaban J connectivity index is 2.04. The minimum atomic E-state index is -4.06. The van der Waals surface area contributed by atoms with Gasteiger partial charge in [-0.25, -0.2) is 8.42 Å². The van der Waals surface area contributed by atoms with E-state index in [0.717, 1.165) is 15.4 Å². The van der Waals surface area contributed by atoms with Gasteiger partial charge in [-0.2, -0.15) is 0 Å². The molecule has 0 saturated carbocycles. The fraction of sp³-hybridized carbons (Fsp3) is 0.259. The molecular formula is C27H31N3O4S. The molecular weight excluding hydrogens is 462 g/mol. The number of nitrogens with zero attached hydrogens (tertiary/aromatic N) is 2. The van der Waals surface area contributed by atoms with Gasteiger partial charge in [0.05, 0.1) is 10.6 Å². The van der Waals surface area contributed by atoms with Crippen LogP contribution in [0.25, 0.3) is 0 Å². The fourth-order valence-corrected chi connectivity index (χ4v) is 5.24. The maximum absolute atomic E-state index is 13.7. The van der Waals surface area contributed by atoms with E-state index in [1.54, 1.807) is 44.2 Å². The van der Waals surface area contributed by atoms with Crippen LogP contribution in [-0.4, -0.2) is 44.8 Å². The van der Waals surface area contributed by atoms with Gasteiger partial charge < -0.3 is 10.2 Å². The van der Waals surface area contributed by atoms with E-state index < -0.39 is 28.5 Å². The summed E-state index contributed by atoms with van der Waals surface area (Å²) >= 11 is 0. The molecule has 0 saturated heterocycles. The molecule has 0 spiro atoms. The number of para-hydroxylation sites is 1. The smallest absolute Gasteiger partial charge is 0.264 e. The van der Waals surface area contributed by atoms with Crippen LogP contribution in [-0.2, 0) is 26.2 Å². The number of amides is 2. The van der Waals surface area contributed by atoms with E-state index in [0.29, 0.717) is 11.3 Å². The van der Waals surface area contributed by atoms with Gasteiger partial charge in [0.25, 0.3) is 10.0 Å². The van der Waals surface area contributed by atoms with Gasteiger partial charge in [-0.1, -0.05) is 66.2 Å². The molecule has 7 nitrogen and oxygen atoms in total. The van der Waals surface area contributed by atoms with Crippen molar-refractivity contribution in [2.24, 2.45) is 0 Å². The number of nitrogens with one attached hydrogen (secondary N) is 1. The molecule has 2 amide bonds. The van der Waals surface area contributed by atoms with Gasteiger partial charge in [0.15, 0.2) is 0 Å². The molecule has 0 heterocycles. The number of sulfonamides is 1. The van der Waals surface area contributed by atoms with E-state index in [1.165, 1.54) is 24.1 Å². The average Bonchev–Trinajstić information content (AvgIpc) is 2.86. The molecule has 3 aromatic carbocycles. The van der Waals surface area contributed by atoms with Gasteiger partial charge in [-0.3, -0.25) is 13.9 Å². The Labute approximate surface area is 207 Å². The minimum Gasteiger partial charge on any atom is -0.357 e. The molecule has 0 radical (unpaired) electrons. The first kappa shape index (κ1) is 26.0. The summed E-state index contributed by atoms with van der Waals surface area (Å²) in [6.45, 7) is 5.02. The van der Waals surface area contributed by atoms with Crippen LogP contribution in [0.15, 0.2) is 83.8 Å². The van der Waals surface area contributed by atoms with Crippen LogP contribution in [0.3, 0.4) is 0 Å². The zero-order valence-electron chi connectivity index (χ0n) is 20.4. The molecule has 0 aliphatic carbocycles. The van der Waals surface area contributed by atoms with E-state index in [4.69, 9.17) is 0 Å². The lowest BCUT2D eigenvalue weighted by Crippen LogP contribution is -2.50. The maximum atomic E-state index is 13.7. The number of anilines is 1. The second-order valence-corrected chi connectivity index (χ2v) is 10.3. The predicted molar refractivity (Wildman–Crippen MR) is 137 cm³/mol. The molecule has 8 heteroatoms. The van der Waals surface area contributed by atoms with Crippen LogP contribution in [0.4, 0.5) is 5.69 Å². The number of carbonyl (C=O) groups excluding carboxylic acids is 2. The second kappa shape index (κ2) is 11.2. The number of likely N-dealkylation sites (N-methyl/N-ethyl adjacent to an activating group) is 1. The van der Waals surface area contributed by atoms with Crippen molar-refractivity contribution in [1.29, 1.82) is 0 Å². The Morgan fingerprint density at radius 2 is 1.49 bits per heavy atom. The monoisotopic (exact) mass is 493 g/mol. The van der Waals surface area contributed by atoms with E-state index in [2.05, 4.69) is 5.32 Å². The number of hydrogen-bond acceptors (Lipinski definition) is 4. The topological polar surface area (TPSA) is 86.8 Å². The average molecular weight is 494 g/mol. The standard InChI is InChI=1S/C27H31N3O4S/c1-20-14-16-24(17-15-20)35(33,34)30(25-13-9-8-10-21(25)2)19-26(31)29(22(3)27(32)28-4)18-23-11-6-5-7-12-23/h5-17,22H,18-19H2,1-4H3,(H,28,32). The van der Waals surface area contributed by atoms with Crippen molar-refractivity contribution < 1.29 is 18.0 Å². The number of carbonyl (C=O) groups is 2. The highest BCUT2D eigenvalue weighted by atomic mass is 32.2. The molecule has 35 heavy (non-hydrogen) atoms. The number of hydrogen-bond donors (Lipinski definition) is 1. The Bertz CT molecular complexity index is 1280. The number of benzene rings is 3. The van der Waals surface area contributed by atoms with Gasteiger partial charge in [-0.05, 0) is 50.1 Å². The summed E-state index contributed by atoms with van der Waals surface area (Å²) in [5.74, 6) is -0.818. The third-order valence-corrected chi connectivity index (χ3v) is 7.66. The van der Waals surface area contributed by atoms with E-state index >= 15 is 0 Å². The van der Waals surface area contributed by atoms with Crippen molar-refractivity contribution in [3.05, 3.63) is 95.6 Å². The van der Waals surface area contributed by atoms with Crippen LogP contribution in [0.1, 0.15) is 23.6 Å². The minimum absolute atomic E-state index is 0.0908. The largest absolute Gasteiger partial charge is 0.357 e. The molecule has 0 fully saturated rings. The zero-order valence-corrected chi connectivity index (χ0v) is 21.2. The highest BCUT2D eigenvalue weighted by Gasteiger charge is 2.32. The van der Waals surface area contributed by atoms with E-state index in [1.807, 2.05) is 43.3 Å². The van der Waals surface area contributed by atoms with E-state index in [9.17, 15) is 18.0 Å². The van der Waals surface area contributed by atoms with Crippen LogP contribution in [0, 0.1) is 13.8 Å². The molecule has 0 bridgehead atoms. The first-order valence-electron chi connectivity index (χ1n) is 11.3. The van der Waals surface area contributed by atoms with Gasteiger partial charge in [-0.15, -0.1) is 0 Å². The van der Waals surface area contributed by atoms with Crippen molar-refractivity contribution >= 4 is 27.5 Å². The lowest BCUT2D eigenvalue weighted by atomic mass is 10.1. The fourth-order valence-electron chi connectivity index (χ4n) is 3.77. The highest BCUT2D eigenvalue weighted by Crippen LogP contribution is 2.27. The molecule has 0 aliphatic heterocycles. The van der Waals surface area contributed by atoms with Crippen LogP contribution < -0.4 is 9.62 Å². The molecule has 184 valence electrons. The molecule has 0 aliphatic rings. The molecule has 1 N–H and O–H groups in total. The van der Waals surface area contributed by atoms with Gasteiger partial charge in [0.1, 0.15) is 12.6 Å². The van der Waals surface area contributed by atoms with Crippen LogP contribution in [0.5, 0.6) is 0 Å². The lowest BCUT2D eigenvalue weighted by Gasteiger charge is -2.32. The quantitative estimate of drug-likeness (QED) is 0.493. The predicted octanol–water partition coefficient (Wildman–Crippen LogP) is 3.66. The van der Waals surface area contributed by atoms with Crippen LogP contribution in [0.2, 0.25) is 0 Å². The van der Waals surface area contributed by atoms with Crippen molar-refractivity contribution in [2.75, 3.05) is 17.9 Å². The van der Waals surface area contributed by atoms with Crippen LogP contribution >= 0.6 is 0 Å². The van der Waals surface area contributed by atoms with Gasteiger partial charge >= 0.3 is 0 Å².